The second kappa shape index (κ2) is 3.05. The number of rotatable bonds is 1. The van der Waals surface area contributed by atoms with Gasteiger partial charge in [0.05, 0.1) is 5.71 Å². The first-order chi connectivity index (χ1) is 5.24. The standard InChI is InChI=1S/C8H11N3/c1-6(11-10)7-3-2-4-8(9)5-7/h2-5H,9-10H2,1H3. The third kappa shape index (κ3) is 1.70. The molecular weight excluding hydrogens is 138 g/mol. The van der Waals surface area contributed by atoms with Crippen LogP contribution >= 0.6 is 0 Å². The van der Waals surface area contributed by atoms with Gasteiger partial charge in [0.25, 0.3) is 0 Å². The third-order valence-corrected chi connectivity index (χ3v) is 1.50. The van der Waals surface area contributed by atoms with Crippen molar-refractivity contribution in [2.24, 2.45) is 10.9 Å². The van der Waals surface area contributed by atoms with Crippen molar-refractivity contribution < 1.29 is 0 Å². The average Bonchev–Trinajstić information content (AvgIpc) is 2.03. The predicted octanol–water partition coefficient (Wildman–Crippen LogP) is 0.952. The zero-order valence-corrected chi connectivity index (χ0v) is 6.41. The summed E-state index contributed by atoms with van der Waals surface area (Å²) in [7, 11) is 0. The summed E-state index contributed by atoms with van der Waals surface area (Å²) in [4.78, 5) is 0. The summed E-state index contributed by atoms with van der Waals surface area (Å²) in [6.07, 6.45) is 0. The predicted molar refractivity (Wildman–Crippen MR) is 47.3 cm³/mol. The maximum atomic E-state index is 5.56. The van der Waals surface area contributed by atoms with Crippen LogP contribution in [0.25, 0.3) is 0 Å². The van der Waals surface area contributed by atoms with Crippen molar-refractivity contribution in [3.05, 3.63) is 29.8 Å². The van der Waals surface area contributed by atoms with Gasteiger partial charge in [0, 0.05) is 5.69 Å². The first-order valence-corrected chi connectivity index (χ1v) is 3.34. The van der Waals surface area contributed by atoms with Crippen LogP contribution in [0.4, 0.5) is 5.69 Å². The summed E-state index contributed by atoms with van der Waals surface area (Å²) in [6, 6.07) is 7.46. The van der Waals surface area contributed by atoms with Crippen LogP contribution in [0.1, 0.15) is 12.5 Å². The van der Waals surface area contributed by atoms with Crippen LogP contribution in [-0.4, -0.2) is 5.71 Å². The molecule has 0 atom stereocenters. The lowest BCUT2D eigenvalue weighted by Gasteiger charge is -1.98. The van der Waals surface area contributed by atoms with Gasteiger partial charge in [0.2, 0.25) is 0 Å². The second-order valence-corrected chi connectivity index (χ2v) is 2.34. The molecule has 0 unspecified atom stereocenters. The highest BCUT2D eigenvalue weighted by Gasteiger charge is 1.95. The van der Waals surface area contributed by atoms with E-state index in [4.69, 9.17) is 11.6 Å². The molecule has 0 saturated carbocycles. The number of nitrogens with two attached hydrogens (primary N) is 2. The topological polar surface area (TPSA) is 64.4 Å². The van der Waals surface area contributed by atoms with Gasteiger partial charge in [-0.05, 0) is 24.6 Å². The second-order valence-electron chi connectivity index (χ2n) is 2.34. The van der Waals surface area contributed by atoms with Gasteiger partial charge in [-0.3, -0.25) is 0 Å². The number of hydrazone groups is 1. The van der Waals surface area contributed by atoms with Gasteiger partial charge >= 0.3 is 0 Å². The van der Waals surface area contributed by atoms with Gasteiger partial charge in [-0.15, -0.1) is 0 Å². The van der Waals surface area contributed by atoms with E-state index in [0.29, 0.717) is 0 Å². The molecule has 1 rings (SSSR count). The fourth-order valence-corrected chi connectivity index (χ4v) is 0.838. The highest BCUT2D eigenvalue weighted by molar-refractivity contribution is 5.99. The molecule has 0 aliphatic heterocycles. The van der Waals surface area contributed by atoms with E-state index in [1.54, 1.807) is 0 Å². The van der Waals surface area contributed by atoms with E-state index in [0.717, 1.165) is 17.0 Å². The average molecular weight is 149 g/mol. The minimum atomic E-state index is 0.727. The van der Waals surface area contributed by atoms with E-state index in [-0.39, 0.29) is 0 Å². The van der Waals surface area contributed by atoms with Gasteiger partial charge in [0.1, 0.15) is 0 Å². The van der Waals surface area contributed by atoms with E-state index in [1.807, 2.05) is 31.2 Å². The highest BCUT2D eigenvalue weighted by Crippen LogP contribution is 2.06. The lowest BCUT2D eigenvalue weighted by molar-refractivity contribution is 1.24. The Labute approximate surface area is 65.7 Å². The Balaban J connectivity index is 3.06. The molecule has 0 aliphatic rings. The Morgan fingerprint density at radius 3 is 2.73 bits per heavy atom. The van der Waals surface area contributed by atoms with Gasteiger partial charge in [-0.2, -0.15) is 5.10 Å². The minimum Gasteiger partial charge on any atom is -0.399 e. The Morgan fingerprint density at radius 2 is 2.18 bits per heavy atom. The molecular formula is C8H11N3. The maximum absolute atomic E-state index is 5.56. The summed E-state index contributed by atoms with van der Waals surface area (Å²) in [6.45, 7) is 1.84. The van der Waals surface area contributed by atoms with Crippen molar-refractivity contribution in [2.45, 2.75) is 6.92 Å². The Kier molecular flexibility index (Phi) is 2.11. The fourth-order valence-electron chi connectivity index (χ4n) is 0.838. The van der Waals surface area contributed by atoms with Crippen LogP contribution in [0.3, 0.4) is 0 Å². The molecule has 0 heterocycles. The molecule has 1 aromatic rings. The number of hydrogen-bond acceptors (Lipinski definition) is 3. The number of hydrogen-bond donors (Lipinski definition) is 2. The van der Waals surface area contributed by atoms with Gasteiger partial charge < -0.3 is 11.6 Å². The zero-order chi connectivity index (χ0) is 8.27. The quantitative estimate of drug-likeness (QED) is 0.270. The number of anilines is 1. The summed E-state index contributed by atoms with van der Waals surface area (Å²) in [5.41, 5.74) is 8.04. The maximum Gasteiger partial charge on any atom is 0.0642 e. The van der Waals surface area contributed by atoms with Crippen LogP contribution < -0.4 is 11.6 Å². The van der Waals surface area contributed by atoms with Crippen molar-refractivity contribution in [1.29, 1.82) is 0 Å². The molecule has 0 bridgehead atoms. The summed E-state index contributed by atoms with van der Waals surface area (Å²) >= 11 is 0. The molecule has 0 radical (unpaired) electrons. The molecule has 1 aromatic carbocycles. The Hall–Kier alpha value is -1.51. The number of nitrogens with zero attached hydrogens (tertiary/aromatic N) is 1. The normalized spacial score (nSPS) is 11.5. The monoisotopic (exact) mass is 149 g/mol. The molecule has 0 spiro atoms. The molecule has 11 heavy (non-hydrogen) atoms. The Bertz CT molecular complexity index is 278. The minimum absolute atomic E-state index is 0.727. The van der Waals surface area contributed by atoms with E-state index in [1.165, 1.54) is 0 Å². The van der Waals surface area contributed by atoms with Gasteiger partial charge in [0.15, 0.2) is 0 Å². The van der Waals surface area contributed by atoms with Gasteiger partial charge in [-0.1, -0.05) is 12.1 Å². The van der Waals surface area contributed by atoms with E-state index in [9.17, 15) is 0 Å². The first kappa shape index (κ1) is 7.60. The summed E-state index contributed by atoms with van der Waals surface area (Å²) in [5, 5.41) is 3.56. The molecule has 0 fully saturated rings. The highest BCUT2D eigenvalue weighted by atomic mass is 15.1. The number of benzene rings is 1. The number of nitrogen functional groups attached to an aromatic ring is 1. The SMILES string of the molecule is CC(=NN)c1cccc(N)c1. The first-order valence-electron chi connectivity index (χ1n) is 3.34. The third-order valence-electron chi connectivity index (χ3n) is 1.50. The molecule has 0 aliphatic carbocycles. The van der Waals surface area contributed by atoms with Crippen molar-refractivity contribution in [3.63, 3.8) is 0 Å². The van der Waals surface area contributed by atoms with Gasteiger partial charge in [-0.25, -0.2) is 0 Å². The van der Waals surface area contributed by atoms with Crippen LogP contribution in [0.5, 0.6) is 0 Å². The smallest absolute Gasteiger partial charge is 0.0642 e. The molecule has 3 heteroatoms. The Morgan fingerprint density at radius 1 is 1.45 bits per heavy atom. The van der Waals surface area contributed by atoms with Crippen molar-refractivity contribution in [2.75, 3.05) is 5.73 Å². The van der Waals surface area contributed by atoms with Crippen LogP contribution in [0.15, 0.2) is 29.4 Å². The molecule has 4 N–H and O–H groups in total. The van der Waals surface area contributed by atoms with Crippen LogP contribution in [0.2, 0.25) is 0 Å². The summed E-state index contributed by atoms with van der Waals surface area (Å²) in [5.74, 6) is 5.10. The zero-order valence-electron chi connectivity index (χ0n) is 6.41. The van der Waals surface area contributed by atoms with Crippen LogP contribution in [0, 0.1) is 0 Å². The molecule has 58 valence electrons. The van der Waals surface area contributed by atoms with Crippen molar-refractivity contribution in [1.82, 2.24) is 0 Å². The fraction of sp³-hybridized carbons (Fsp3) is 0.125. The van der Waals surface area contributed by atoms with Crippen molar-refractivity contribution in [3.8, 4) is 0 Å². The lowest BCUT2D eigenvalue weighted by atomic mass is 10.1. The largest absolute Gasteiger partial charge is 0.399 e. The lowest BCUT2D eigenvalue weighted by Crippen LogP contribution is -1.99. The van der Waals surface area contributed by atoms with E-state index >= 15 is 0 Å². The van der Waals surface area contributed by atoms with E-state index < -0.39 is 0 Å². The van der Waals surface area contributed by atoms with Crippen molar-refractivity contribution >= 4 is 11.4 Å². The molecule has 0 amide bonds. The molecule has 0 saturated heterocycles. The van der Waals surface area contributed by atoms with Crippen LogP contribution in [-0.2, 0) is 0 Å². The molecule has 3 nitrogen and oxygen atoms in total. The summed E-state index contributed by atoms with van der Waals surface area (Å²) < 4.78 is 0. The molecule has 0 aromatic heterocycles. The van der Waals surface area contributed by atoms with E-state index in [2.05, 4.69) is 5.10 Å².